The number of carbonyl (C=O) groups is 3. The van der Waals surface area contributed by atoms with Gasteiger partial charge in [0.05, 0.1) is 0 Å². The Kier molecular flexibility index (Phi) is 10.2. The molecule has 7 nitrogen and oxygen atoms in total. The van der Waals surface area contributed by atoms with Crippen LogP contribution < -0.4 is 0 Å². The number of ether oxygens (including phenoxy) is 2. The van der Waals surface area contributed by atoms with E-state index in [1.165, 1.54) is 28.9 Å². The molecule has 0 unspecified atom stereocenters. The molecule has 0 aromatic carbocycles. The standard InChI is InChI=1S/C15H24N2O5/c1-5-11-21-14(19)16(4)9-10-17(8-7-13(3)18)15(20)22-12-6-2/h5-6H,1-2,7-12H2,3-4H3. The zero-order valence-electron chi connectivity index (χ0n) is 13.2. The first-order chi connectivity index (χ1) is 10.4. The van der Waals surface area contributed by atoms with Gasteiger partial charge in [0.25, 0.3) is 0 Å². The summed E-state index contributed by atoms with van der Waals surface area (Å²) in [6.45, 7) is 9.32. The Bertz CT molecular complexity index is 409. The number of nitrogens with zero attached hydrogens (tertiary/aromatic N) is 2. The van der Waals surface area contributed by atoms with Crippen molar-refractivity contribution in [1.29, 1.82) is 0 Å². The average Bonchev–Trinajstić information content (AvgIpc) is 2.49. The number of likely N-dealkylation sites (N-methyl/N-ethyl adjacent to an activating group) is 1. The van der Waals surface area contributed by atoms with Gasteiger partial charge in [-0.05, 0) is 6.92 Å². The van der Waals surface area contributed by atoms with E-state index in [0.29, 0.717) is 0 Å². The number of ketones is 1. The summed E-state index contributed by atoms with van der Waals surface area (Å²) in [5.41, 5.74) is 0. The minimum atomic E-state index is -0.547. The van der Waals surface area contributed by atoms with Gasteiger partial charge in [0.1, 0.15) is 19.0 Å². The van der Waals surface area contributed by atoms with Crippen LogP contribution in [0.15, 0.2) is 25.3 Å². The summed E-state index contributed by atoms with van der Waals surface area (Å²) in [6.07, 6.45) is 2.10. The molecule has 0 aliphatic heterocycles. The van der Waals surface area contributed by atoms with Crippen LogP contribution in [0, 0.1) is 0 Å². The van der Waals surface area contributed by atoms with Crippen molar-refractivity contribution in [2.45, 2.75) is 13.3 Å². The smallest absolute Gasteiger partial charge is 0.410 e. The zero-order chi connectivity index (χ0) is 17.0. The Morgan fingerprint density at radius 1 is 0.955 bits per heavy atom. The van der Waals surface area contributed by atoms with Crippen molar-refractivity contribution >= 4 is 18.0 Å². The van der Waals surface area contributed by atoms with E-state index < -0.39 is 12.2 Å². The van der Waals surface area contributed by atoms with Crippen LogP contribution in [0.4, 0.5) is 9.59 Å². The van der Waals surface area contributed by atoms with Crippen molar-refractivity contribution in [2.75, 3.05) is 39.9 Å². The Morgan fingerprint density at radius 2 is 1.50 bits per heavy atom. The minimum absolute atomic E-state index is 0.0275. The van der Waals surface area contributed by atoms with E-state index in [0.717, 1.165) is 0 Å². The largest absolute Gasteiger partial charge is 0.445 e. The van der Waals surface area contributed by atoms with Crippen molar-refractivity contribution < 1.29 is 23.9 Å². The van der Waals surface area contributed by atoms with Gasteiger partial charge in [0.2, 0.25) is 0 Å². The summed E-state index contributed by atoms with van der Waals surface area (Å²) in [4.78, 5) is 37.2. The Labute approximate surface area is 131 Å². The van der Waals surface area contributed by atoms with Crippen molar-refractivity contribution in [2.24, 2.45) is 0 Å². The van der Waals surface area contributed by atoms with E-state index >= 15 is 0 Å². The Hall–Kier alpha value is -2.31. The van der Waals surface area contributed by atoms with E-state index in [2.05, 4.69) is 13.2 Å². The summed E-state index contributed by atoms with van der Waals surface area (Å²) >= 11 is 0. The lowest BCUT2D eigenvalue weighted by Crippen LogP contribution is -2.40. The zero-order valence-corrected chi connectivity index (χ0v) is 13.2. The maximum Gasteiger partial charge on any atom is 0.410 e. The van der Waals surface area contributed by atoms with Crippen LogP contribution in [0.3, 0.4) is 0 Å². The molecule has 0 aromatic heterocycles. The van der Waals surface area contributed by atoms with Gasteiger partial charge in [-0.25, -0.2) is 9.59 Å². The van der Waals surface area contributed by atoms with Gasteiger partial charge < -0.3 is 19.3 Å². The molecule has 0 N–H and O–H groups in total. The molecule has 0 heterocycles. The van der Waals surface area contributed by atoms with Crippen LogP contribution in [-0.2, 0) is 14.3 Å². The van der Waals surface area contributed by atoms with E-state index in [1.807, 2.05) is 0 Å². The minimum Gasteiger partial charge on any atom is -0.445 e. The highest BCUT2D eigenvalue weighted by Gasteiger charge is 2.17. The summed E-state index contributed by atoms with van der Waals surface area (Å²) < 4.78 is 9.83. The molecule has 0 aliphatic carbocycles. The molecular weight excluding hydrogens is 288 g/mol. The highest BCUT2D eigenvalue weighted by atomic mass is 16.6. The highest BCUT2D eigenvalue weighted by molar-refractivity contribution is 5.76. The number of Topliss-reactive ketones (excluding diaryl/α,β-unsaturated/α-hetero) is 1. The monoisotopic (exact) mass is 312 g/mol. The average molecular weight is 312 g/mol. The van der Waals surface area contributed by atoms with Gasteiger partial charge >= 0.3 is 12.2 Å². The molecule has 7 heteroatoms. The Balaban J connectivity index is 4.45. The predicted octanol–water partition coefficient (Wildman–Crippen LogP) is 1.84. The molecule has 0 saturated carbocycles. The van der Waals surface area contributed by atoms with E-state index in [4.69, 9.17) is 9.47 Å². The predicted molar refractivity (Wildman–Crippen MR) is 82.6 cm³/mol. The number of hydrogen-bond acceptors (Lipinski definition) is 5. The van der Waals surface area contributed by atoms with Gasteiger partial charge in [-0.2, -0.15) is 0 Å². The second-order valence-electron chi connectivity index (χ2n) is 4.59. The molecular formula is C15H24N2O5. The van der Waals surface area contributed by atoms with Crippen molar-refractivity contribution in [3.8, 4) is 0 Å². The fraction of sp³-hybridized carbons (Fsp3) is 0.533. The summed E-state index contributed by atoms with van der Waals surface area (Å²) in [5, 5.41) is 0. The van der Waals surface area contributed by atoms with Crippen molar-refractivity contribution in [1.82, 2.24) is 9.80 Å². The molecule has 124 valence electrons. The molecule has 0 bridgehead atoms. The molecule has 0 saturated heterocycles. The third kappa shape index (κ3) is 8.78. The molecule has 22 heavy (non-hydrogen) atoms. The number of carbonyl (C=O) groups excluding carboxylic acids is 3. The van der Waals surface area contributed by atoms with E-state index in [1.54, 1.807) is 7.05 Å². The number of amides is 2. The molecule has 0 aliphatic rings. The first-order valence-electron chi connectivity index (χ1n) is 6.93. The van der Waals surface area contributed by atoms with Crippen molar-refractivity contribution in [3.63, 3.8) is 0 Å². The second kappa shape index (κ2) is 11.4. The van der Waals surface area contributed by atoms with Gasteiger partial charge in [0.15, 0.2) is 0 Å². The molecule has 0 atom stereocenters. The fourth-order valence-corrected chi connectivity index (χ4v) is 1.41. The molecule has 0 rings (SSSR count). The molecule has 0 spiro atoms. The molecule has 2 amide bonds. The summed E-state index contributed by atoms with van der Waals surface area (Å²) in [5.74, 6) is -0.0275. The van der Waals surface area contributed by atoms with Crippen LogP contribution in [0.2, 0.25) is 0 Å². The van der Waals surface area contributed by atoms with E-state index in [9.17, 15) is 14.4 Å². The molecule has 0 fully saturated rings. The van der Waals surface area contributed by atoms with Crippen LogP contribution >= 0.6 is 0 Å². The third-order valence-electron chi connectivity index (χ3n) is 2.66. The lowest BCUT2D eigenvalue weighted by molar-refractivity contribution is -0.117. The van der Waals surface area contributed by atoms with Gasteiger partial charge in [-0.3, -0.25) is 4.79 Å². The maximum atomic E-state index is 11.9. The first-order valence-corrected chi connectivity index (χ1v) is 6.93. The Morgan fingerprint density at radius 3 is 2.00 bits per heavy atom. The summed E-state index contributed by atoms with van der Waals surface area (Å²) in [7, 11) is 1.56. The molecule has 0 aromatic rings. The van der Waals surface area contributed by atoms with Crippen LogP contribution in [0.25, 0.3) is 0 Å². The van der Waals surface area contributed by atoms with E-state index in [-0.39, 0.29) is 45.1 Å². The quantitative estimate of drug-likeness (QED) is 0.575. The van der Waals surface area contributed by atoms with Gasteiger partial charge in [-0.1, -0.05) is 25.3 Å². The highest BCUT2D eigenvalue weighted by Crippen LogP contribution is 2.00. The topological polar surface area (TPSA) is 76.2 Å². The lowest BCUT2D eigenvalue weighted by atomic mass is 10.3. The normalized spacial score (nSPS) is 9.55. The summed E-state index contributed by atoms with van der Waals surface area (Å²) in [6, 6.07) is 0. The first kappa shape index (κ1) is 19.7. The number of rotatable bonds is 10. The molecule has 0 radical (unpaired) electrons. The van der Waals surface area contributed by atoms with Crippen LogP contribution in [0.5, 0.6) is 0 Å². The third-order valence-corrected chi connectivity index (χ3v) is 2.66. The SMILES string of the molecule is C=CCOC(=O)N(C)CCN(CCC(C)=O)C(=O)OCC=C. The van der Waals surface area contributed by atoms with Crippen LogP contribution in [0.1, 0.15) is 13.3 Å². The maximum absolute atomic E-state index is 11.9. The van der Waals surface area contributed by atoms with Crippen LogP contribution in [-0.4, -0.2) is 67.7 Å². The lowest BCUT2D eigenvalue weighted by Gasteiger charge is -2.24. The fourth-order valence-electron chi connectivity index (χ4n) is 1.41. The van der Waals surface area contributed by atoms with Crippen molar-refractivity contribution in [3.05, 3.63) is 25.3 Å². The van der Waals surface area contributed by atoms with Gasteiger partial charge in [0, 0.05) is 33.1 Å². The second-order valence-corrected chi connectivity index (χ2v) is 4.59. The van der Waals surface area contributed by atoms with Gasteiger partial charge in [-0.15, -0.1) is 0 Å². The number of hydrogen-bond donors (Lipinski definition) is 0.